The number of nitrogens with one attached hydrogen (secondary N) is 1. The lowest BCUT2D eigenvalue weighted by Gasteiger charge is -2.25. The maximum absolute atomic E-state index is 11.9. The molecule has 1 aliphatic rings. The number of hydrogen-bond donors (Lipinski definition) is 1. The Morgan fingerprint density at radius 3 is 2.50 bits per heavy atom. The molecule has 1 unspecified atom stereocenters. The highest BCUT2D eigenvalue weighted by molar-refractivity contribution is 9.10. The number of benzene rings is 1. The van der Waals surface area contributed by atoms with Crippen molar-refractivity contribution in [2.24, 2.45) is 0 Å². The maximum Gasteiger partial charge on any atom is 0.329 e. The lowest BCUT2D eigenvalue weighted by molar-refractivity contribution is -0.141. The summed E-state index contributed by atoms with van der Waals surface area (Å²) in [5.74, 6) is -0.190. The number of hydrogen-bond acceptors (Lipinski definition) is 4. The molecule has 5 heteroatoms. The van der Waals surface area contributed by atoms with E-state index in [1.54, 1.807) is 11.8 Å². The standard InChI is InChI=1S/C13H16BrNO2S/c1-17-12(16)11(13(18-2)7-8-13)15-10-5-3-9(14)4-6-10/h3-6,11,15H,7-8H2,1-2H3. The predicted molar refractivity (Wildman–Crippen MR) is 79.0 cm³/mol. The summed E-state index contributed by atoms with van der Waals surface area (Å²) in [4.78, 5) is 11.9. The molecular weight excluding hydrogens is 314 g/mol. The third kappa shape index (κ3) is 2.83. The lowest BCUT2D eigenvalue weighted by atomic mass is 10.1. The van der Waals surface area contributed by atoms with Crippen molar-refractivity contribution in [2.75, 3.05) is 18.7 Å². The van der Waals surface area contributed by atoms with Crippen molar-refractivity contribution in [3.63, 3.8) is 0 Å². The van der Waals surface area contributed by atoms with Gasteiger partial charge in [0.25, 0.3) is 0 Å². The predicted octanol–water partition coefficient (Wildman–Crippen LogP) is 3.30. The molecule has 1 aromatic rings. The fraction of sp³-hybridized carbons (Fsp3) is 0.462. The van der Waals surface area contributed by atoms with Crippen LogP contribution in [0, 0.1) is 0 Å². The topological polar surface area (TPSA) is 38.3 Å². The third-order valence-electron chi connectivity index (χ3n) is 3.27. The van der Waals surface area contributed by atoms with Gasteiger partial charge in [-0.15, -0.1) is 0 Å². The Kier molecular flexibility index (Phi) is 4.22. The molecule has 2 rings (SSSR count). The van der Waals surface area contributed by atoms with Crippen molar-refractivity contribution in [1.82, 2.24) is 0 Å². The average Bonchev–Trinajstić information content (AvgIpc) is 3.18. The monoisotopic (exact) mass is 329 g/mol. The van der Waals surface area contributed by atoms with Gasteiger partial charge in [0.05, 0.1) is 7.11 Å². The summed E-state index contributed by atoms with van der Waals surface area (Å²) >= 11 is 5.14. The van der Waals surface area contributed by atoms with Gasteiger partial charge in [-0.3, -0.25) is 0 Å². The molecule has 3 nitrogen and oxygen atoms in total. The Labute approximate surface area is 120 Å². The van der Waals surface area contributed by atoms with Crippen LogP contribution < -0.4 is 5.32 Å². The van der Waals surface area contributed by atoms with Crippen LogP contribution in [0.3, 0.4) is 0 Å². The fourth-order valence-corrected chi connectivity index (χ4v) is 3.14. The van der Waals surface area contributed by atoms with Crippen molar-refractivity contribution in [2.45, 2.75) is 23.6 Å². The zero-order valence-corrected chi connectivity index (χ0v) is 12.8. The quantitative estimate of drug-likeness (QED) is 0.841. The van der Waals surface area contributed by atoms with Crippen LogP contribution in [0.15, 0.2) is 28.7 Å². The van der Waals surface area contributed by atoms with Crippen molar-refractivity contribution in [3.8, 4) is 0 Å². The first-order valence-corrected chi connectivity index (χ1v) is 7.78. The first-order chi connectivity index (χ1) is 8.61. The third-order valence-corrected chi connectivity index (χ3v) is 5.25. The van der Waals surface area contributed by atoms with Crippen LogP contribution in [0.1, 0.15) is 12.8 Å². The number of carbonyl (C=O) groups is 1. The van der Waals surface area contributed by atoms with E-state index in [9.17, 15) is 4.79 Å². The summed E-state index contributed by atoms with van der Waals surface area (Å²) in [5, 5.41) is 3.29. The number of ether oxygens (including phenoxy) is 1. The van der Waals surface area contributed by atoms with E-state index in [1.807, 2.05) is 30.5 Å². The van der Waals surface area contributed by atoms with Crippen LogP contribution >= 0.6 is 27.7 Å². The Hall–Kier alpha value is -0.680. The molecule has 0 radical (unpaired) electrons. The second kappa shape index (κ2) is 5.53. The van der Waals surface area contributed by atoms with Crippen molar-refractivity contribution >= 4 is 39.3 Å². The molecule has 1 saturated carbocycles. The van der Waals surface area contributed by atoms with Gasteiger partial charge in [0.1, 0.15) is 6.04 Å². The molecule has 0 spiro atoms. The normalized spacial score (nSPS) is 17.9. The molecule has 98 valence electrons. The second-order valence-electron chi connectivity index (χ2n) is 4.38. The molecule has 1 aromatic carbocycles. The molecule has 0 saturated heterocycles. The summed E-state index contributed by atoms with van der Waals surface area (Å²) in [6, 6.07) is 7.54. The fourth-order valence-electron chi connectivity index (χ4n) is 1.97. The Balaban J connectivity index is 2.15. The molecule has 1 fully saturated rings. The number of anilines is 1. The zero-order chi connectivity index (χ0) is 13.2. The number of thioether (sulfide) groups is 1. The van der Waals surface area contributed by atoms with E-state index < -0.39 is 0 Å². The van der Waals surface area contributed by atoms with Crippen LogP contribution in [0.2, 0.25) is 0 Å². The number of methoxy groups -OCH3 is 1. The van der Waals surface area contributed by atoms with Crippen molar-refractivity contribution < 1.29 is 9.53 Å². The van der Waals surface area contributed by atoms with E-state index in [0.717, 1.165) is 23.0 Å². The lowest BCUT2D eigenvalue weighted by Crippen LogP contribution is -2.41. The van der Waals surface area contributed by atoms with E-state index in [2.05, 4.69) is 21.2 Å². The van der Waals surface area contributed by atoms with E-state index in [-0.39, 0.29) is 16.8 Å². The number of esters is 1. The van der Waals surface area contributed by atoms with Crippen LogP contribution in [0.25, 0.3) is 0 Å². The minimum Gasteiger partial charge on any atom is -0.467 e. The summed E-state index contributed by atoms with van der Waals surface area (Å²) < 4.78 is 5.93. The molecular formula is C13H16BrNO2S. The van der Waals surface area contributed by atoms with Crippen LogP contribution in [-0.2, 0) is 9.53 Å². The van der Waals surface area contributed by atoms with E-state index in [0.29, 0.717) is 0 Å². The molecule has 1 aliphatic carbocycles. The highest BCUT2D eigenvalue weighted by atomic mass is 79.9. The van der Waals surface area contributed by atoms with Gasteiger partial charge in [-0.1, -0.05) is 15.9 Å². The van der Waals surface area contributed by atoms with Crippen molar-refractivity contribution in [3.05, 3.63) is 28.7 Å². The van der Waals surface area contributed by atoms with Gasteiger partial charge < -0.3 is 10.1 Å². The highest BCUT2D eigenvalue weighted by Gasteiger charge is 2.52. The minimum atomic E-state index is -0.279. The van der Waals surface area contributed by atoms with Gasteiger partial charge >= 0.3 is 5.97 Å². The Morgan fingerprint density at radius 2 is 2.06 bits per heavy atom. The molecule has 1 atom stereocenters. The molecule has 0 aliphatic heterocycles. The van der Waals surface area contributed by atoms with Gasteiger partial charge in [-0.05, 0) is 43.4 Å². The van der Waals surface area contributed by atoms with Gasteiger partial charge in [0, 0.05) is 14.9 Å². The summed E-state index contributed by atoms with van der Waals surface area (Å²) in [5.41, 5.74) is 0.939. The first kappa shape index (κ1) is 13.7. The van der Waals surface area contributed by atoms with Gasteiger partial charge in [-0.2, -0.15) is 11.8 Å². The molecule has 0 aromatic heterocycles. The maximum atomic E-state index is 11.9. The number of halogens is 1. The molecule has 0 heterocycles. The van der Waals surface area contributed by atoms with Gasteiger partial charge in [0.2, 0.25) is 0 Å². The molecule has 18 heavy (non-hydrogen) atoms. The Bertz CT molecular complexity index is 431. The number of carbonyl (C=O) groups excluding carboxylic acids is 1. The molecule has 0 amide bonds. The molecule has 1 N–H and O–H groups in total. The van der Waals surface area contributed by atoms with Crippen molar-refractivity contribution in [1.29, 1.82) is 0 Å². The van der Waals surface area contributed by atoms with Gasteiger partial charge in [-0.25, -0.2) is 4.79 Å². The highest BCUT2D eigenvalue weighted by Crippen LogP contribution is 2.51. The summed E-state index contributed by atoms with van der Waals surface area (Å²) in [6.07, 6.45) is 4.15. The van der Waals surface area contributed by atoms with Crippen LogP contribution in [0.4, 0.5) is 5.69 Å². The second-order valence-corrected chi connectivity index (χ2v) is 6.51. The van der Waals surface area contributed by atoms with Gasteiger partial charge in [0.15, 0.2) is 0 Å². The smallest absolute Gasteiger partial charge is 0.329 e. The molecule has 0 bridgehead atoms. The van der Waals surface area contributed by atoms with E-state index in [1.165, 1.54) is 7.11 Å². The number of rotatable bonds is 5. The Morgan fingerprint density at radius 1 is 1.44 bits per heavy atom. The van der Waals surface area contributed by atoms with E-state index in [4.69, 9.17) is 4.74 Å². The first-order valence-electron chi connectivity index (χ1n) is 5.76. The zero-order valence-electron chi connectivity index (χ0n) is 10.4. The van der Waals surface area contributed by atoms with Crippen LogP contribution in [0.5, 0.6) is 0 Å². The van der Waals surface area contributed by atoms with Crippen LogP contribution in [-0.4, -0.2) is 30.1 Å². The minimum absolute atomic E-state index is 0.000166. The van der Waals surface area contributed by atoms with E-state index >= 15 is 0 Å². The summed E-state index contributed by atoms with van der Waals surface area (Å²) in [6.45, 7) is 0. The summed E-state index contributed by atoms with van der Waals surface area (Å²) in [7, 11) is 1.44. The largest absolute Gasteiger partial charge is 0.467 e. The SMILES string of the molecule is COC(=O)C(Nc1ccc(Br)cc1)C1(SC)CC1. The average molecular weight is 330 g/mol.